The zero-order valence-corrected chi connectivity index (χ0v) is 16.4. The van der Waals surface area contributed by atoms with E-state index in [0.29, 0.717) is 18.6 Å². The molecule has 0 saturated heterocycles. The van der Waals surface area contributed by atoms with E-state index >= 15 is 0 Å². The van der Waals surface area contributed by atoms with Crippen LogP contribution in [0.5, 0.6) is 5.75 Å². The molecule has 0 atom stereocenters. The SMILES string of the molecule is CCOc1ccc(C2CCC(OCc3ccc(CC)c(F)c3F)CC2)cc1F. The fourth-order valence-electron chi connectivity index (χ4n) is 3.83. The van der Waals surface area contributed by atoms with E-state index in [0.717, 1.165) is 31.2 Å². The van der Waals surface area contributed by atoms with Crippen molar-refractivity contribution < 1.29 is 22.6 Å². The quantitative estimate of drug-likeness (QED) is 0.550. The van der Waals surface area contributed by atoms with Crippen molar-refractivity contribution in [3.05, 3.63) is 64.5 Å². The molecular weight excluding hydrogens is 365 g/mol. The molecule has 1 aliphatic rings. The van der Waals surface area contributed by atoms with E-state index in [1.165, 1.54) is 0 Å². The number of hydrogen-bond acceptors (Lipinski definition) is 2. The first kappa shape index (κ1) is 20.7. The van der Waals surface area contributed by atoms with Gasteiger partial charge in [0.15, 0.2) is 23.2 Å². The van der Waals surface area contributed by atoms with Crippen LogP contribution in [0.2, 0.25) is 0 Å². The zero-order valence-electron chi connectivity index (χ0n) is 16.4. The van der Waals surface area contributed by atoms with Crippen molar-refractivity contribution in [1.29, 1.82) is 0 Å². The van der Waals surface area contributed by atoms with Crippen molar-refractivity contribution in [3.8, 4) is 5.75 Å². The van der Waals surface area contributed by atoms with Gasteiger partial charge in [0.1, 0.15) is 0 Å². The average Bonchev–Trinajstić information content (AvgIpc) is 2.71. The molecule has 0 heterocycles. The van der Waals surface area contributed by atoms with Gasteiger partial charge in [-0.1, -0.05) is 25.1 Å². The lowest BCUT2D eigenvalue weighted by atomic mass is 9.82. The molecule has 28 heavy (non-hydrogen) atoms. The second-order valence-electron chi connectivity index (χ2n) is 7.27. The molecule has 0 aromatic heterocycles. The smallest absolute Gasteiger partial charge is 0.165 e. The molecule has 0 unspecified atom stereocenters. The highest BCUT2D eigenvalue weighted by molar-refractivity contribution is 5.31. The molecule has 0 amide bonds. The van der Waals surface area contributed by atoms with Crippen molar-refractivity contribution in [3.63, 3.8) is 0 Å². The summed E-state index contributed by atoms with van der Waals surface area (Å²) in [5, 5.41) is 0. The van der Waals surface area contributed by atoms with E-state index in [2.05, 4.69) is 0 Å². The third kappa shape index (κ3) is 4.69. The minimum Gasteiger partial charge on any atom is -0.491 e. The summed E-state index contributed by atoms with van der Waals surface area (Å²) >= 11 is 0. The van der Waals surface area contributed by atoms with E-state index in [-0.39, 0.29) is 35.8 Å². The minimum atomic E-state index is -0.808. The molecule has 1 saturated carbocycles. The highest BCUT2D eigenvalue weighted by Crippen LogP contribution is 2.36. The van der Waals surface area contributed by atoms with Crippen molar-refractivity contribution in [2.24, 2.45) is 0 Å². The molecule has 1 aliphatic carbocycles. The van der Waals surface area contributed by atoms with Crippen LogP contribution in [-0.4, -0.2) is 12.7 Å². The zero-order chi connectivity index (χ0) is 20.1. The molecule has 2 nitrogen and oxygen atoms in total. The van der Waals surface area contributed by atoms with E-state index in [4.69, 9.17) is 9.47 Å². The van der Waals surface area contributed by atoms with Crippen molar-refractivity contribution in [1.82, 2.24) is 0 Å². The topological polar surface area (TPSA) is 18.5 Å². The molecule has 0 radical (unpaired) electrons. The number of rotatable bonds is 7. The molecule has 2 aromatic carbocycles. The second-order valence-corrected chi connectivity index (χ2v) is 7.27. The third-order valence-corrected chi connectivity index (χ3v) is 5.50. The molecular formula is C23H27F3O2. The lowest BCUT2D eigenvalue weighted by molar-refractivity contribution is 0.0118. The summed E-state index contributed by atoms with van der Waals surface area (Å²) in [6.07, 6.45) is 3.86. The van der Waals surface area contributed by atoms with Crippen LogP contribution in [0, 0.1) is 17.5 Å². The molecule has 1 fully saturated rings. The summed E-state index contributed by atoms with van der Waals surface area (Å²) in [6.45, 7) is 4.12. The van der Waals surface area contributed by atoms with Crippen LogP contribution in [0.4, 0.5) is 13.2 Å². The summed E-state index contributed by atoms with van der Waals surface area (Å²) in [6, 6.07) is 8.39. The monoisotopic (exact) mass is 392 g/mol. The number of ether oxygens (including phenoxy) is 2. The Morgan fingerprint density at radius 2 is 1.57 bits per heavy atom. The molecule has 0 bridgehead atoms. The van der Waals surface area contributed by atoms with Gasteiger partial charge in [0, 0.05) is 5.56 Å². The number of hydrogen-bond donors (Lipinski definition) is 0. The Balaban J connectivity index is 1.53. The summed E-state index contributed by atoms with van der Waals surface area (Å²) in [4.78, 5) is 0. The first-order valence-corrected chi connectivity index (χ1v) is 10.0. The van der Waals surface area contributed by atoms with E-state index in [1.807, 2.05) is 13.0 Å². The summed E-state index contributed by atoms with van der Waals surface area (Å²) < 4.78 is 53.2. The predicted molar refractivity (Wildman–Crippen MR) is 103 cm³/mol. The van der Waals surface area contributed by atoms with Gasteiger partial charge in [-0.25, -0.2) is 13.2 Å². The van der Waals surface area contributed by atoms with Gasteiger partial charge >= 0.3 is 0 Å². The number of aryl methyl sites for hydroxylation is 1. The van der Waals surface area contributed by atoms with Crippen molar-refractivity contribution >= 4 is 0 Å². The fraction of sp³-hybridized carbons (Fsp3) is 0.478. The molecule has 0 N–H and O–H groups in total. The Bertz CT molecular complexity index is 799. The van der Waals surface area contributed by atoms with Gasteiger partial charge in [0.25, 0.3) is 0 Å². The first-order valence-electron chi connectivity index (χ1n) is 10.0. The Hall–Kier alpha value is -2.01. The van der Waals surface area contributed by atoms with Crippen LogP contribution >= 0.6 is 0 Å². The molecule has 0 aliphatic heterocycles. The van der Waals surface area contributed by atoms with E-state index < -0.39 is 11.6 Å². The Kier molecular flexibility index (Phi) is 7.00. The van der Waals surface area contributed by atoms with Gasteiger partial charge in [0.05, 0.1) is 19.3 Å². The maximum atomic E-state index is 14.1. The van der Waals surface area contributed by atoms with E-state index in [1.54, 1.807) is 31.2 Å². The normalized spacial score (nSPS) is 19.6. The summed E-state index contributed by atoms with van der Waals surface area (Å²) in [5.41, 5.74) is 1.61. The van der Waals surface area contributed by atoms with Crippen LogP contribution in [0.1, 0.15) is 62.1 Å². The van der Waals surface area contributed by atoms with Crippen LogP contribution in [-0.2, 0) is 17.8 Å². The second kappa shape index (κ2) is 9.46. The molecule has 5 heteroatoms. The van der Waals surface area contributed by atoms with Gasteiger partial charge in [0.2, 0.25) is 0 Å². The molecule has 0 spiro atoms. The standard InChI is InChI=1S/C23H27F3O2/c1-3-15-5-6-18(23(26)22(15)25)14-28-19-10-7-16(8-11-19)17-9-12-21(27-4-2)20(24)13-17/h5-6,9,12-13,16,19H,3-4,7-8,10-11,14H2,1-2H3. The molecule has 152 valence electrons. The minimum absolute atomic E-state index is 0.0112. The van der Waals surface area contributed by atoms with Crippen LogP contribution in [0.15, 0.2) is 30.3 Å². The van der Waals surface area contributed by atoms with Gasteiger partial charge in [-0.15, -0.1) is 0 Å². The highest BCUT2D eigenvalue weighted by atomic mass is 19.2. The van der Waals surface area contributed by atoms with E-state index in [9.17, 15) is 13.2 Å². The Morgan fingerprint density at radius 1 is 0.893 bits per heavy atom. The number of benzene rings is 2. The van der Waals surface area contributed by atoms with Gasteiger partial charge < -0.3 is 9.47 Å². The van der Waals surface area contributed by atoms with Gasteiger partial charge in [-0.2, -0.15) is 0 Å². The largest absolute Gasteiger partial charge is 0.491 e. The third-order valence-electron chi connectivity index (χ3n) is 5.50. The summed E-state index contributed by atoms with van der Waals surface area (Å²) in [5.74, 6) is -1.34. The lowest BCUT2D eigenvalue weighted by Gasteiger charge is -2.29. The maximum Gasteiger partial charge on any atom is 0.165 e. The Morgan fingerprint density at radius 3 is 2.21 bits per heavy atom. The van der Waals surface area contributed by atoms with Crippen molar-refractivity contribution in [2.45, 2.75) is 64.6 Å². The lowest BCUT2D eigenvalue weighted by Crippen LogP contribution is -2.21. The average molecular weight is 392 g/mol. The van der Waals surface area contributed by atoms with Crippen LogP contribution in [0.25, 0.3) is 0 Å². The predicted octanol–water partition coefficient (Wildman–Crippen LogP) is 6.31. The van der Waals surface area contributed by atoms with Crippen molar-refractivity contribution in [2.75, 3.05) is 6.61 Å². The van der Waals surface area contributed by atoms with Gasteiger partial charge in [-0.05, 0) is 68.2 Å². The van der Waals surface area contributed by atoms with Crippen LogP contribution in [0.3, 0.4) is 0 Å². The maximum absolute atomic E-state index is 14.1. The summed E-state index contributed by atoms with van der Waals surface area (Å²) in [7, 11) is 0. The first-order chi connectivity index (χ1) is 13.5. The Labute approximate surface area is 164 Å². The molecule has 2 aromatic rings. The van der Waals surface area contributed by atoms with Crippen LogP contribution < -0.4 is 4.74 Å². The fourth-order valence-corrected chi connectivity index (χ4v) is 3.83. The molecule has 3 rings (SSSR count). The highest BCUT2D eigenvalue weighted by Gasteiger charge is 2.24. The number of halogens is 3. The van der Waals surface area contributed by atoms with Gasteiger partial charge in [-0.3, -0.25) is 0 Å².